The van der Waals surface area contributed by atoms with Crippen LogP contribution in [0.4, 0.5) is 4.39 Å². The van der Waals surface area contributed by atoms with Crippen LogP contribution in [0, 0.1) is 29.0 Å². The largest absolute Gasteiger partial charge is 0.309 e. The number of nitrogens with one attached hydrogen (secondary N) is 1. The molecule has 1 aromatic carbocycles. The van der Waals surface area contributed by atoms with E-state index >= 15 is 0 Å². The van der Waals surface area contributed by atoms with Gasteiger partial charge in [0, 0.05) is 5.56 Å². The van der Waals surface area contributed by atoms with Crippen molar-refractivity contribution in [2.24, 2.45) is 0 Å². The monoisotopic (exact) mass is 188 g/mol. The molecule has 14 heavy (non-hydrogen) atoms. The number of hydrogen-bond donors (Lipinski definition) is 1. The quantitative estimate of drug-likeness (QED) is 0.673. The van der Waals surface area contributed by atoms with Crippen LogP contribution in [0.15, 0.2) is 18.2 Å². The second-order valence-electron chi connectivity index (χ2n) is 2.64. The topological polar surface area (TPSA) is 35.8 Å². The fraction of sp³-hybridized carbons (Fsp3) is 0.182. The van der Waals surface area contributed by atoms with Crippen LogP contribution in [-0.2, 0) is 0 Å². The van der Waals surface area contributed by atoms with Gasteiger partial charge in [0.1, 0.15) is 11.9 Å². The lowest BCUT2D eigenvalue weighted by Gasteiger charge is -1.93. The van der Waals surface area contributed by atoms with E-state index in [0.29, 0.717) is 12.1 Å². The van der Waals surface area contributed by atoms with Gasteiger partial charge in [-0.1, -0.05) is 11.8 Å². The van der Waals surface area contributed by atoms with Gasteiger partial charge in [-0.05, 0) is 25.2 Å². The fourth-order valence-electron chi connectivity index (χ4n) is 0.923. The van der Waals surface area contributed by atoms with Gasteiger partial charge in [0.25, 0.3) is 0 Å². The highest BCUT2D eigenvalue weighted by Gasteiger charge is 1.99. The van der Waals surface area contributed by atoms with E-state index in [1.165, 1.54) is 12.1 Å². The molecule has 0 aromatic heterocycles. The first-order valence-corrected chi connectivity index (χ1v) is 4.11. The maximum Gasteiger partial charge on any atom is 0.141 e. The lowest BCUT2D eigenvalue weighted by molar-refractivity contribution is 0.624. The molecule has 0 heterocycles. The third-order valence-electron chi connectivity index (χ3n) is 1.58. The Morgan fingerprint density at radius 2 is 2.29 bits per heavy atom. The third-order valence-corrected chi connectivity index (χ3v) is 1.58. The Balaban J connectivity index is 2.93. The summed E-state index contributed by atoms with van der Waals surface area (Å²) in [6.45, 7) is 0.569. The molecule has 1 rings (SSSR count). The van der Waals surface area contributed by atoms with Gasteiger partial charge in [0.2, 0.25) is 0 Å². The zero-order valence-electron chi connectivity index (χ0n) is 7.76. The Bertz CT molecular complexity index is 421. The first-order valence-electron chi connectivity index (χ1n) is 4.11. The minimum atomic E-state index is -0.508. The van der Waals surface area contributed by atoms with Crippen LogP contribution in [-0.4, -0.2) is 13.6 Å². The van der Waals surface area contributed by atoms with Gasteiger partial charge >= 0.3 is 0 Å². The molecule has 0 aliphatic rings. The highest BCUT2D eigenvalue weighted by Crippen LogP contribution is 2.08. The Morgan fingerprint density at radius 1 is 1.50 bits per heavy atom. The Kier molecular flexibility index (Phi) is 3.67. The van der Waals surface area contributed by atoms with Gasteiger partial charge in [0.15, 0.2) is 0 Å². The number of nitrogens with zero attached hydrogens (tertiary/aromatic N) is 1. The van der Waals surface area contributed by atoms with E-state index in [-0.39, 0.29) is 5.56 Å². The van der Waals surface area contributed by atoms with Crippen molar-refractivity contribution in [3.05, 3.63) is 35.1 Å². The molecule has 0 fully saturated rings. The van der Waals surface area contributed by atoms with Crippen molar-refractivity contribution < 1.29 is 4.39 Å². The Hall–Kier alpha value is -1.84. The number of hydrogen-bond acceptors (Lipinski definition) is 2. The van der Waals surface area contributed by atoms with Gasteiger partial charge in [-0.3, -0.25) is 0 Å². The first-order chi connectivity index (χ1) is 6.77. The average Bonchev–Trinajstić information content (AvgIpc) is 2.21. The summed E-state index contributed by atoms with van der Waals surface area (Å²) in [6.07, 6.45) is 0. The van der Waals surface area contributed by atoms with Gasteiger partial charge in [-0.2, -0.15) is 5.26 Å². The van der Waals surface area contributed by atoms with Gasteiger partial charge in [-0.15, -0.1) is 0 Å². The number of benzene rings is 1. The van der Waals surface area contributed by atoms with Crippen molar-refractivity contribution in [1.29, 1.82) is 5.26 Å². The molecular formula is C11H9FN2. The van der Waals surface area contributed by atoms with Crippen LogP contribution >= 0.6 is 0 Å². The van der Waals surface area contributed by atoms with Crippen LogP contribution in [0.1, 0.15) is 11.1 Å². The summed E-state index contributed by atoms with van der Waals surface area (Å²) in [7, 11) is 1.79. The molecule has 0 unspecified atom stereocenters. The molecule has 0 radical (unpaired) electrons. The van der Waals surface area contributed by atoms with E-state index in [2.05, 4.69) is 17.2 Å². The molecule has 70 valence electrons. The first kappa shape index (κ1) is 10.2. The maximum absolute atomic E-state index is 12.9. The van der Waals surface area contributed by atoms with E-state index in [1.54, 1.807) is 19.2 Å². The van der Waals surface area contributed by atoms with Crippen LogP contribution in [0.3, 0.4) is 0 Å². The standard InChI is InChI=1S/C11H9FN2/c1-14-6-2-3-9-4-5-11(12)10(7-9)8-13/h4-5,7,14H,6H2,1H3. The lowest BCUT2D eigenvalue weighted by atomic mass is 10.1. The van der Waals surface area contributed by atoms with Gasteiger partial charge < -0.3 is 5.32 Å². The van der Waals surface area contributed by atoms with E-state index in [9.17, 15) is 4.39 Å². The predicted molar refractivity (Wildman–Crippen MR) is 51.9 cm³/mol. The van der Waals surface area contributed by atoms with Crippen molar-refractivity contribution in [3.8, 4) is 17.9 Å². The maximum atomic E-state index is 12.9. The van der Waals surface area contributed by atoms with Gasteiger partial charge in [0.05, 0.1) is 12.1 Å². The molecule has 0 saturated carbocycles. The van der Waals surface area contributed by atoms with Crippen LogP contribution in [0.5, 0.6) is 0 Å². The second kappa shape index (κ2) is 5.01. The molecule has 0 atom stereocenters. The number of rotatable bonds is 1. The Morgan fingerprint density at radius 3 is 2.93 bits per heavy atom. The molecule has 0 aliphatic heterocycles. The smallest absolute Gasteiger partial charge is 0.141 e. The average molecular weight is 188 g/mol. The predicted octanol–water partition coefficient (Wildman–Crippen LogP) is 1.27. The van der Waals surface area contributed by atoms with Crippen LogP contribution < -0.4 is 5.32 Å². The molecule has 0 saturated heterocycles. The SMILES string of the molecule is CNCC#Cc1ccc(F)c(C#N)c1. The molecule has 0 aliphatic carbocycles. The molecule has 1 N–H and O–H groups in total. The molecule has 1 aromatic rings. The van der Waals surface area contributed by atoms with Crippen LogP contribution in [0.2, 0.25) is 0 Å². The molecule has 2 nitrogen and oxygen atoms in total. The summed E-state index contributed by atoms with van der Waals surface area (Å²) in [5, 5.41) is 11.4. The zero-order valence-corrected chi connectivity index (χ0v) is 7.76. The van der Waals surface area contributed by atoms with E-state index in [1.807, 2.05) is 0 Å². The molecule has 0 bridgehead atoms. The highest BCUT2D eigenvalue weighted by atomic mass is 19.1. The van der Waals surface area contributed by atoms with Crippen molar-refractivity contribution in [3.63, 3.8) is 0 Å². The third kappa shape index (κ3) is 2.58. The number of halogens is 1. The molecule has 0 amide bonds. The molecule has 3 heteroatoms. The van der Waals surface area contributed by atoms with Crippen molar-refractivity contribution in [2.45, 2.75) is 0 Å². The fourth-order valence-corrected chi connectivity index (χ4v) is 0.923. The molecule has 0 spiro atoms. The summed E-state index contributed by atoms with van der Waals surface area (Å²) < 4.78 is 12.9. The minimum absolute atomic E-state index is 0.0289. The van der Waals surface area contributed by atoms with Gasteiger partial charge in [-0.25, -0.2) is 4.39 Å². The second-order valence-corrected chi connectivity index (χ2v) is 2.64. The summed E-state index contributed by atoms with van der Waals surface area (Å²) in [5.74, 6) is 5.14. The normalized spacial score (nSPS) is 8.64. The highest BCUT2D eigenvalue weighted by molar-refractivity contribution is 5.42. The van der Waals surface area contributed by atoms with E-state index < -0.39 is 5.82 Å². The lowest BCUT2D eigenvalue weighted by Crippen LogP contribution is -2.04. The van der Waals surface area contributed by atoms with Crippen molar-refractivity contribution in [2.75, 3.05) is 13.6 Å². The zero-order chi connectivity index (χ0) is 10.4. The van der Waals surface area contributed by atoms with Crippen molar-refractivity contribution in [1.82, 2.24) is 5.32 Å². The minimum Gasteiger partial charge on any atom is -0.309 e. The summed E-state index contributed by atoms with van der Waals surface area (Å²) in [6, 6.07) is 6.02. The van der Waals surface area contributed by atoms with Crippen LogP contribution in [0.25, 0.3) is 0 Å². The van der Waals surface area contributed by atoms with E-state index in [0.717, 1.165) is 0 Å². The summed E-state index contributed by atoms with van der Waals surface area (Å²) in [4.78, 5) is 0. The number of nitriles is 1. The van der Waals surface area contributed by atoms with E-state index in [4.69, 9.17) is 5.26 Å². The summed E-state index contributed by atoms with van der Waals surface area (Å²) in [5.41, 5.74) is 0.680. The summed E-state index contributed by atoms with van der Waals surface area (Å²) >= 11 is 0. The Labute approximate surface area is 82.4 Å². The van der Waals surface area contributed by atoms with Crippen molar-refractivity contribution >= 4 is 0 Å². The molecular weight excluding hydrogens is 179 g/mol.